The summed E-state index contributed by atoms with van der Waals surface area (Å²) in [5.41, 5.74) is 2.15. The van der Waals surface area contributed by atoms with Crippen LogP contribution in [0.1, 0.15) is 5.69 Å². The van der Waals surface area contributed by atoms with E-state index in [1.54, 1.807) is 18.5 Å². The number of rotatable bonds is 0. The Bertz CT molecular complexity index is 552. The molecule has 0 spiro atoms. The zero-order valence-corrected chi connectivity index (χ0v) is 9.62. The lowest BCUT2D eigenvalue weighted by atomic mass is 10.2. The van der Waals surface area contributed by atoms with Gasteiger partial charge < -0.3 is 0 Å². The van der Waals surface area contributed by atoms with Crippen molar-refractivity contribution < 1.29 is 0 Å². The predicted octanol–water partition coefficient (Wildman–Crippen LogP) is 3.02. The van der Waals surface area contributed by atoms with Crippen molar-refractivity contribution in [1.82, 2.24) is 15.0 Å². The van der Waals surface area contributed by atoms with Crippen LogP contribution in [0.25, 0.3) is 10.9 Å². The highest BCUT2D eigenvalue weighted by Gasteiger charge is 1.91. The van der Waals surface area contributed by atoms with Gasteiger partial charge in [-0.25, -0.2) is 9.97 Å². The first-order valence-electron chi connectivity index (χ1n) is 5.38. The van der Waals surface area contributed by atoms with Gasteiger partial charge in [-0.05, 0) is 25.1 Å². The molecule has 0 radical (unpaired) electrons. The van der Waals surface area contributed by atoms with E-state index in [2.05, 4.69) is 27.1 Å². The quantitative estimate of drug-likeness (QED) is 0.588. The zero-order chi connectivity index (χ0) is 11.9. The van der Waals surface area contributed by atoms with Crippen molar-refractivity contribution in [2.45, 2.75) is 6.92 Å². The highest BCUT2D eigenvalue weighted by Crippen LogP contribution is 2.10. The fraction of sp³-hybridized carbons (Fsp3) is 0.0714. The summed E-state index contributed by atoms with van der Waals surface area (Å²) in [6, 6.07) is 14.0. The third-order valence-corrected chi connectivity index (χ3v) is 2.22. The molecule has 0 atom stereocenters. The van der Waals surface area contributed by atoms with Crippen LogP contribution >= 0.6 is 0 Å². The van der Waals surface area contributed by atoms with Crippen molar-refractivity contribution in [1.29, 1.82) is 0 Å². The molecule has 0 aliphatic carbocycles. The molecule has 1 aromatic carbocycles. The monoisotopic (exact) mass is 223 g/mol. The van der Waals surface area contributed by atoms with Crippen LogP contribution in [0.5, 0.6) is 0 Å². The Hall–Kier alpha value is -2.29. The first-order valence-corrected chi connectivity index (χ1v) is 5.38. The molecule has 0 aliphatic heterocycles. The number of nitrogens with zero attached hydrogens (tertiary/aromatic N) is 3. The molecule has 0 amide bonds. The molecule has 0 saturated heterocycles. The number of aromatic nitrogens is 3. The van der Waals surface area contributed by atoms with Gasteiger partial charge in [0.1, 0.15) is 6.33 Å². The topological polar surface area (TPSA) is 38.7 Å². The van der Waals surface area contributed by atoms with E-state index in [0.717, 1.165) is 11.2 Å². The lowest BCUT2D eigenvalue weighted by Crippen LogP contribution is -1.80. The van der Waals surface area contributed by atoms with Crippen molar-refractivity contribution in [3.8, 4) is 0 Å². The summed E-state index contributed by atoms with van der Waals surface area (Å²) in [5.74, 6) is 0. The number of fused-ring (bicyclic) bond motifs is 1. The predicted molar refractivity (Wildman–Crippen MR) is 68.5 cm³/mol. The van der Waals surface area contributed by atoms with E-state index in [1.165, 1.54) is 11.7 Å². The van der Waals surface area contributed by atoms with Crippen LogP contribution < -0.4 is 0 Å². The fourth-order valence-corrected chi connectivity index (χ4v) is 1.42. The van der Waals surface area contributed by atoms with E-state index >= 15 is 0 Å². The molecule has 2 heterocycles. The maximum Gasteiger partial charge on any atom is 0.115 e. The van der Waals surface area contributed by atoms with E-state index < -0.39 is 0 Å². The number of aryl methyl sites for hydroxylation is 1. The van der Waals surface area contributed by atoms with Crippen molar-refractivity contribution >= 4 is 10.9 Å². The van der Waals surface area contributed by atoms with E-state index in [9.17, 15) is 0 Å². The third kappa shape index (κ3) is 3.34. The van der Waals surface area contributed by atoms with Crippen molar-refractivity contribution in [3.05, 3.63) is 66.9 Å². The smallest absolute Gasteiger partial charge is 0.115 e. The van der Waals surface area contributed by atoms with Crippen LogP contribution in [0.2, 0.25) is 0 Å². The molecule has 84 valence electrons. The molecule has 2 aromatic heterocycles. The highest BCUT2D eigenvalue weighted by molar-refractivity contribution is 5.78. The first kappa shape index (κ1) is 11.2. The van der Waals surface area contributed by atoms with Gasteiger partial charge in [0, 0.05) is 23.5 Å². The Kier molecular flexibility index (Phi) is 3.76. The standard InChI is InChI=1S/C10H9N.C4H4N2/c1-8-6-7-9-4-2-3-5-10(9)11-8;1-2-5-4-6-3-1/h2-7H,1H3;1-4H. The number of hydrogen-bond donors (Lipinski definition) is 0. The van der Waals surface area contributed by atoms with E-state index in [0.29, 0.717) is 0 Å². The van der Waals surface area contributed by atoms with Gasteiger partial charge in [-0.1, -0.05) is 24.3 Å². The number of pyridine rings is 1. The van der Waals surface area contributed by atoms with Gasteiger partial charge in [-0.3, -0.25) is 4.98 Å². The summed E-state index contributed by atoms with van der Waals surface area (Å²) in [7, 11) is 0. The highest BCUT2D eigenvalue weighted by atomic mass is 14.8. The summed E-state index contributed by atoms with van der Waals surface area (Å²) in [5, 5.41) is 1.21. The van der Waals surface area contributed by atoms with Crippen LogP contribution in [-0.2, 0) is 0 Å². The lowest BCUT2D eigenvalue weighted by molar-refractivity contribution is 1.17. The molecule has 0 fully saturated rings. The minimum absolute atomic E-state index is 1.07. The van der Waals surface area contributed by atoms with Crippen LogP contribution in [-0.4, -0.2) is 15.0 Å². The molecule has 3 aromatic rings. The molecular formula is C14H13N3. The van der Waals surface area contributed by atoms with E-state index in [-0.39, 0.29) is 0 Å². The van der Waals surface area contributed by atoms with Crippen LogP contribution in [0.3, 0.4) is 0 Å². The van der Waals surface area contributed by atoms with Gasteiger partial charge >= 0.3 is 0 Å². The Morgan fingerprint density at radius 3 is 2.24 bits per heavy atom. The lowest BCUT2D eigenvalue weighted by Gasteiger charge is -1.95. The molecule has 17 heavy (non-hydrogen) atoms. The van der Waals surface area contributed by atoms with Gasteiger partial charge in [0.25, 0.3) is 0 Å². The minimum Gasteiger partial charge on any atom is -0.253 e. The first-order chi connectivity index (χ1) is 8.36. The van der Waals surface area contributed by atoms with Gasteiger partial charge in [-0.15, -0.1) is 0 Å². The molecule has 0 aliphatic rings. The number of benzene rings is 1. The molecule has 0 unspecified atom stereocenters. The Morgan fingerprint density at radius 2 is 1.59 bits per heavy atom. The van der Waals surface area contributed by atoms with Gasteiger partial charge in [0.15, 0.2) is 0 Å². The summed E-state index contributed by atoms with van der Waals surface area (Å²) < 4.78 is 0. The fourth-order valence-electron chi connectivity index (χ4n) is 1.42. The van der Waals surface area contributed by atoms with Crippen LogP contribution in [0.15, 0.2) is 61.2 Å². The van der Waals surface area contributed by atoms with Crippen LogP contribution in [0.4, 0.5) is 0 Å². The maximum atomic E-state index is 4.38. The summed E-state index contributed by atoms with van der Waals surface area (Å²) in [4.78, 5) is 11.7. The average Bonchev–Trinajstić information content (AvgIpc) is 2.41. The third-order valence-electron chi connectivity index (χ3n) is 2.22. The zero-order valence-electron chi connectivity index (χ0n) is 9.62. The van der Waals surface area contributed by atoms with Gasteiger partial charge in [0.2, 0.25) is 0 Å². The largest absolute Gasteiger partial charge is 0.253 e. The van der Waals surface area contributed by atoms with Gasteiger partial charge in [0.05, 0.1) is 5.52 Å². The summed E-state index contributed by atoms with van der Waals surface area (Å²) in [6.07, 6.45) is 4.88. The SMILES string of the molecule is Cc1ccc2ccccc2n1.c1cncnc1. The molecule has 3 nitrogen and oxygen atoms in total. The van der Waals surface area contributed by atoms with Crippen molar-refractivity contribution in [3.63, 3.8) is 0 Å². The summed E-state index contributed by atoms with van der Waals surface area (Å²) >= 11 is 0. The summed E-state index contributed by atoms with van der Waals surface area (Å²) in [6.45, 7) is 2.01. The molecular weight excluding hydrogens is 210 g/mol. The Balaban J connectivity index is 0.000000153. The molecule has 0 N–H and O–H groups in total. The van der Waals surface area contributed by atoms with Crippen molar-refractivity contribution in [2.75, 3.05) is 0 Å². The molecule has 0 saturated carbocycles. The van der Waals surface area contributed by atoms with E-state index in [4.69, 9.17) is 0 Å². The second-order valence-corrected chi connectivity index (χ2v) is 3.55. The second kappa shape index (κ2) is 5.70. The second-order valence-electron chi connectivity index (χ2n) is 3.55. The molecule has 3 heteroatoms. The Labute approximate surface area is 100 Å². The number of para-hydroxylation sites is 1. The Morgan fingerprint density at radius 1 is 0.824 bits per heavy atom. The molecule has 0 bridgehead atoms. The van der Waals surface area contributed by atoms with Crippen LogP contribution in [0, 0.1) is 6.92 Å². The van der Waals surface area contributed by atoms with Crippen molar-refractivity contribution in [2.24, 2.45) is 0 Å². The maximum absolute atomic E-state index is 4.38. The van der Waals surface area contributed by atoms with Gasteiger partial charge in [-0.2, -0.15) is 0 Å². The normalized spacial score (nSPS) is 9.47. The minimum atomic E-state index is 1.07. The average molecular weight is 223 g/mol. The van der Waals surface area contributed by atoms with E-state index in [1.807, 2.05) is 31.2 Å². The molecule has 3 rings (SSSR count). The number of hydrogen-bond acceptors (Lipinski definition) is 3.